The fraction of sp³-hybridized carbons (Fsp3) is 0.163. The number of likely N-dealkylation sites (tertiary alicyclic amines) is 1. The van der Waals surface area contributed by atoms with Gasteiger partial charge in [-0.2, -0.15) is 0 Å². The van der Waals surface area contributed by atoms with Gasteiger partial charge < -0.3 is 14.4 Å². The van der Waals surface area contributed by atoms with E-state index >= 15 is 0 Å². The average Bonchev–Trinajstić information content (AvgIpc) is 3.75. The van der Waals surface area contributed by atoms with E-state index in [0.29, 0.717) is 24.5 Å². The molecule has 2 heterocycles. The Morgan fingerprint density at radius 2 is 1.51 bits per heavy atom. The van der Waals surface area contributed by atoms with E-state index in [1.165, 1.54) is 24.3 Å². The van der Waals surface area contributed by atoms with Crippen molar-refractivity contribution in [3.63, 3.8) is 0 Å². The lowest BCUT2D eigenvalue weighted by molar-refractivity contribution is -0.115. The molecule has 10 heteroatoms. The largest absolute Gasteiger partial charge is 0.375 e. The maximum Gasteiger partial charge on any atom is 0.290 e. The van der Waals surface area contributed by atoms with Crippen LogP contribution < -0.4 is 5.32 Å². The zero-order valence-electron chi connectivity index (χ0n) is 28.6. The molecule has 0 bridgehead atoms. The first-order valence-electron chi connectivity index (χ1n) is 17.2. The maximum atomic E-state index is 14.3. The number of hydrogen-bond acceptors (Lipinski definition) is 7. The Hall–Kier alpha value is -5.68. The van der Waals surface area contributed by atoms with Gasteiger partial charge in [-0.1, -0.05) is 97.1 Å². The number of thioether (sulfide) groups is 1. The highest BCUT2D eigenvalue weighted by atomic mass is 32.2. The van der Waals surface area contributed by atoms with E-state index in [9.17, 15) is 23.6 Å². The van der Waals surface area contributed by atoms with Gasteiger partial charge in [-0.15, -0.1) is 0 Å². The zero-order chi connectivity index (χ0) is 36.7. The van der Waals surface area contributed by atoms with Gasteiger partial charge >= 0.3 is 0 Å². The van der Waals surface area contributed by atoms with Crippen molar-refractivity contribution in [1.29, 1.82) is 0 Å². The molecule has 0 aliphatic carbocycles. The Morgan fingerprint density at radius 3 is 2.25 bits per heavy atom. The summed E-state index contributed by atoms with van der Waals surface area (Å²) in [5.74, 6) is -1.55. The average molecular weight is 727 g/mol. The monoisotopic (exact) mass is 726 g/mol. The number of carbonyl (C=O) groups excluding carboxylic acids is 4. The first-order chi connectivity index (χ1) is 25.8. The predicted octanol–water partition coefficient (Wildman–Crippen LogP) is 8.06. The van der Waals surface area contributed by atoms with Crippen molar-refractivity contribution in [2.24, 2.45) is 0 Å². The van der Waals surface area contributed by atoms with Gasteiger partial charge in [0.1, 0.15) is 5.82 Å². The van der Waals surface area contributed by atoms with E-state index in [1.54, 1.807) is 35.2 Å². The van der Waals surface area contributed by atoms with Crippen LogP contribution in [-0.2, 0) is 27.5 Å². The lowest BCUT2D eigenvalue weighted by Crippen LogP contribution is -2.39. The van der Waals surface area contributed by atoms with Gasteiger partial charge in [0, 0.05) is 17.7 Å². The van der Waals surface area contributed by atoms with E-state index in [0.717, 1.165) is 39.6 Å². The standard InChI is InChI=1S/C43H35FN2O6S/c44-33-20-18-31(19-21-33)40(47)37-12-6-7-13-38(37)42(49)46-24-35(52-26-32-10-4-5-11-36(32)30-8-2-1-3-9-30)23-34(46)27-51-25-29-16-14-28(15-17-29)22-39-41(48)45-43(50)53-39/h1-22,34-35H,23-27H2,(H,45,48,50)/b39-22+/t34-,35+/m0/s1. The number of nitrogens with one attached hydrogen (secondary N) is 1. The van der Waals surface area contributed by atoms with Gasteiger partial charge in [0.2, 0.25) is 0 Å². The molecule has 266 valence electrons. The van der Waals surface area contributed by atoms with Crippen molar-refractivity contribution in [3.05, 3.63) is 171 Å². The Bertz CT molecular complexity index is 2170. The number of nitrogens with zero attached hydrogens (tertiary/aromatic N) is 1. The number of carbonyl (C=O) groups is 4. The third-order valence-corrected chi connectivity index (χ3v) is 10.0. The van der Waals surface area contributed by atoms with Crippen molar-refractivity contribution in [2.45, 2.75) is 31.8 Å². The first-order valence-corrected chi connectivity index (χ1v) is 18.0. The second kappa shape index (κ2) is 16.3. The van der Waals surface area contributed by atoms with Crippen LogP contribution in [0.25, 0.3) is 17.2 Å². The molecule has 0 aromatic heterocycles. The number of rotatable bonds is 12. The number of hydrogen-bond donors (Lipinski definition) is 1. The first kappa shape index (κ1) is 35.7. The van der Waals surface area contributed by atoms with Crippen LogP contribution in [-0.4, -0.2) is 53.0 Å². The Balaban J connectivity index is 1.07. The molecule has 7 rings (SSSR count). The molecule has 2 atom stereocenters. The fourth-order valence-corrected chi connectivity index (χ4v) is 7.21. The van der Waals surface area contributed by atoms with Crippen LogP contribution in [0.1, 0.15) is 49.4 Å². The number of amides is 3. The highest BCUT2D eigenvalue weighted by molar-refractivity contribution is 8.18. The van der Waals surface area contributed by atoms with Gasteiger partial charge in [0.25, 0.3) is 17.1 Å². The summed E-state index contributed by atoms with van der Waals surface area (Å²) < 4.78 is 26.3. The summed E-state index contributed by atoms with van der Waals surface area (Å²) in [5, 5.41) is 1.86. The van der Waals surface area contributed by atoms with Crippen LogP contribution in [0.2, 0.25) is 0 Å². The fourth-order valence-electron chi connectivity index (χ4n) is 6.53. The van der Waals surface area contributed by atoms with E-state index in [1.807, 2.05) is 60.7 Å². The summed E-state index contributed by atoms with van der Waals surface area (Å²) in [6.07, 6.45) is 1.90. The highest BCUT2D eigenvalue weighted by Crippen LogP contribution is 2.30. The summed E-state index contributed by atoms with van der Waals surface area (Å²) >= 11 is 0.867. The van der Waals surface area contributed by atoms with Crippen LogP contribution in [0.15, 0.2) is 132 Å². The summed E-state index contributed by atoms with van der Waals surface area (Å²) in [6, 6.07) is 37.3. The third kappa shape index (κ3) is 8.52. The molecule has 2 fully saturated rings. The van der Waals surface area contributed by atoms with E-state index < -0.39 is 17.0 Å². The second-order valence-electron chi connectivity index (χ2n) is 12.8. The molecule has 2 aliphatic heterocycles. The Kier molecular flexibility index (Phi) is 11.0. The molecule has 0 radical (unpaired) electrons. The summed E-state index contributed by atoms with van der Waals surface area (Å²) in [5.41, 5.74) is 5.63. The quantitative estimate of drug-likeness (QED) is 0.103. The molecular formula is C43H35FN2O6S. The zero-order valence-corrected chi connectivity index (χ0v) is 29.4. The van der Waals surface area contributed by atoms with Crippen molar-refractivity contribution in [1.82, 2.24) is 10.2 Å². The molecule has 0 spiro atoms. The molecule has 8 nitrogen and oxygen atoms in total. The maximum absolute atomic E-state index is 14.3. The van der Waals surface area contributed by atoms with Crippen LogP contribution >= 0.6 is 11.8 Å². The minimum absolute atomic E-state index is 0.227. The highest BCUT2D eigenvalue weighted by Gasteiger charge is 2.37. The molecule has 1 N–H and O–H groups in total. The van der Waals surface area contributed by atoms with Gasteiger partial charge in [-0.25, -0.2) is 4.39 Å². The van der Waals surface area contributed by atoms with E-state index in [-0.39, 0.29) is 53.7 Å². The SMILES string of the molecule is O=C1NC(=O)/C(=C\c2ccc(COC[C@@H]3C[C@@H](OCc4ccccc4-c4ccccc4)CN3C(=O)c3ccccc3C(=O)c3ccc(F)cc3)cc2)S1. The number of imide groups is 1. The Morgan fingerprint density at radius 1 is 0.811 bits per heavy atom. The predicted molar refractivity (Wildman–Crippen MR) is 201 cm³/mol. The van der Waals surface area contributed by atoms with Crippen molar-refractivity contribution < 1.29 is 33.0 Å². The molecular weight excluding hydrogens is 692 g/mol. The molecule has 5 aromatic rings. The smallest absolute Gasteiger partial charge is 0.290 e. The number of benzene rings is 5. The van der Waals surface area contributed by atoms with Gasteiger partial charge in [0.05, 0.1) is 42.4 Å². The topological polar surface area (TPSA) is 102 Å². The molecule has 2 aliphatic rings. The molecule has 3 amide bonds. The second-order valence-corrected chi connectivity index (χ2v) is 13.8. The molecule has 2 saturated heterocycles. The lowest BCUT2D eigenvalue weighted by Gasteiger charge is -2.25. The van der Waals surface area contributed by atoms with E-state index in [4.69, 9.17) is 9.47 Å². The normalized spacial score (nSPS) is 17.7. The van der Waals surface area contributed by atoms with Crippen molar-refractivity contribution in [2.75, 3.05) is 13.2 Å². The van der Waals surface area contributed by atoms with Gasteiger partial charge in [-0.3, -0.25) is 24.5 Å². The summed E-state index contributed by atoms with van der Waals surface area (Å²) in [6.45, 7) is 1.16. The third-order valence-electron chi connectivity index (χ3n) is 9.22. The van der Waals surface area contributed by atoms with Gasteiger partial charge in [-0.05, 0) is 82.4 Å². The van der Waals surface area contributed by atoms with Crippen molar-refractivity contribution >= 4 is 40.7 Å². The molecule has 5 aromatic carbocycles. The number of ketones is 1. The van der Waals surface area contributed by atoms with Gasteiger partial charge in [0.15, 0.2) is 5.78 Å². The van der Waals surface area contributed by atoms with Crippen LogP contribution in [0.3, 0.4) is 0 Å². The summed E-state index contributed by atoms with van der Waals surface area (Å²) in [4.78, 5) is 53.4. The van der Waals surface area contributed by atoms with Crippen LogP contribution in [0.5, 0.6) is 0 Å². The lowest BCUT2D eigenvalue weighted by atomic mass is 9.97. The minimum Gasteiger partial charge on any atom is -0.375 e. The van der Waals surface area contributed by atoms with Crippen LogP contribution in [0.4, 0.5) is 9.18 Å². The molecule has 53 heavy (non-hydrogen) atoms. The molecule has 0 saturated carbocycles. The van der Waals surface area contributed by atoms with E-state index in [2.05, 4.69) is 23.5 Å². The number of halogens is 1. The Labute approximate surface area is 310 Å². The summed E-state index contributed by atoms with van der Waals surface area (Å²) in [7, 11) is 0. The number of ether oxygens (including phenoxy) is 2. The molecule has 0 unspecified atom stereocenters. The minimum atomic E-state index is -0.452. The van der Waals surface area contributed by atoms with Crippen molar-refractivity contribution in [3.8, 4) is 11.1 Å². The van der Waals surface area contributed by atoms with Crippen LogP contribution in [0, 0.1) is 5.82 Å².